The third-order valence-corrected chi connectivity index (χ3v) is 5.37. The normalized spacial score (nSPS) is 27.9. The van der Waals surface area contributed by atoms with Gasteiger partial charge >= 0.3 is 0 Å². The van der Waals surface area contributed by atoms with Crippen LogP contribution in [0.1, 0.15) is 30.6 Å². The Morgan fingerprint density at radius 3 is 2.79 bits per heavy atom. The molecule has 0 saturated heterocycles. The van der Waals surface area contributed by atoms with Crippen LogP contribution in [0.25, 0.3) is 0 Å². The third kappa shape index (κ3) is 2.74. The fourth-order valence-electron chi connectivity index (χ4n) is 2.11. The molecule has 2 unspecified atom stereocenters. The number of hydrogen-bond donors (Lipinski definition) is 0. The predicted octanol–water partition coefficient (Wildman–Crippen LogP) is 4.90. The Balaban J connectivity index is 1.95. The van der Waals surface area contributed by atoms with E-state index in [1.165, 1.54) is 37.0 Å². The second-order valence-corrected chi connectivity index (χ2v) is 6.95. The molecular weight excluding hydrogens is 280 g/mol. The van der Waals surface area contributed by atoms with Crippen LogP contribution >= 0.6 is 38.9 Å². The van der Waals surface area contributed by atoms with Crippen LogP contribution < -0.4 is 0 Å². The zero-order chi connectivity index (χ0) is 9.97. The van der Waals surface area contributed by atoms with Crippen molar-refractivity contribution in [2.45, 2.75) is 36.9 Å². The van der Waals surface area contributed by atoms with Gasteiger partial charge < -0.3 is 0 Å². The van der Waals surface area contributed by atoms with Gasteiger partial charge in [-0.2, -0.15) is 0 Å². The molecule has 2 atom stereocenters. The molecule has 1 aromatic rings. The summed E-state index contributed by atoms with van der Waals surface area (Å²) in [5, 5.41) is 0. The van der Waals surface area contributed by atoms with Crippen molar-refractivity contribution >= 4 is 38.9 Å². The molecule has 2 rings (SSSR count). The van der Waals surface area contributed by atoms with Crippen molar-refractivity contribution in [3.8, 4) is 0 Å². The summed E-state index contributed by atoms with van der Waals surface area (Å²) in [5.41, 5.74) is 0. The minimum Gasteiger partial charge on any atom is -0.128 e. The Morgan fingerprint density at radius 1 is 1.36 bits per heavy atom. The van der Waals surface area contributed by atoms with Gasteiger partial charge in [0.05, 0.1) is 4.34 Å². The third-order valence-electron chi connectivity index (χ3n) is 2.91. The van der Waals surface area contributed by atoms with E-state index in [1.54, 1.807) is 11.3 Å². The van der Waals surface area contributed by atoms with E-state index in [0.29, 0.717) is 0 Å². The molecule has 0 radical (unpaired) electrons. The SMILES string of the molecule is Clc1ccc(CC2CCCCC2Br)s1. The molecule has 0 N–H and O–H groups in total. The number of halogens is 2. The van der Waals surface area contributed by atoms with Gasteiger partial charge in [0, 0.05) is 9.70 Å². The lowest BCUT2D eigenvalue weighted by Gasteiger charge is -2.26. The summed E-state index contributed by atoms with van der Waals surface area (Å²) in [5.74, 6) is 0.818. The van der Waals surface area contributed by atoms with E-state index in [-0.39, 0.29) is 0 Å². The summed E-state index contributed by atoms with van der Waals surface area (Å²) in [6, 6.07) is 4.18. The van der Waals surface area contributed by atoms with Gasteiger partial charge in [-0.05, 0) is 37.3 Å². The fraction of sp³-hybridized carbons (Fsp3) is 0.636. The quantitative estimate of drug-likeness (QED) is 0.681. The largest absolute Gasteiger partial charge is 0.128 e. The highest BCUT2D eigenvalue weighted by molar-refractivity contribution is 9.09. The Hall–Kier alpha value is 0.470. The summed E-state index contributed by atoms with van der Waals surface area (Å²) < 4.78 is 0.918. The topological polar surface area (TPSA) is 0 Å². The zero-order valence-corrected chi connectivity index (χ0v) is 11.2. The van der Waals surface area contributed by atoms with Crippen LogP contribution in [0.15, 0.2) is 12.1 Å². The van der Waals surface area contributed by atoms with Crippen molar-refractivity contribution in [1.82, 2.24) is 0 Å². The first kappa shape index (κ1) is 11.0. The van der Waals surface area contributed by atoms with Crippen LogP contribution in [0, 0.1) is 5.92 Å². The van der Waals surface area contributed by atoms with Gasteiger partial charge in [0.25, 0.3) is 0 Å². The maximum absolute atomic E-state index is 5.92. The van der Waals surface area contributed by atoms with Gasteiger partial charge in [0.15, 0.2) is 0 Å². The Bertz CT molecular complexity index is 297. The molecule has 0 amide bonds. The van der Waals surface area contributed by atoms with Gasteiger partial charge in [0.2, 0.25) is 0 Å². The van der Waals surface area contributed by atoms with Crippen LogP contribution in [0.5, 0.6) is 0 Å². The molecule has 3 heteroatoms. The van der Waals surface area contributed by atoms with Gasteiger partial charge in [-0.25, -0.2) is 0 Å². The summed E-state index contributed by atoms with van der Waals surface area (Å²) in [7, 11) is 0. The highest BCUT2D eigenvalue weighted by atomic mass is 79.9. The van der Waals surface area contributed by atoms with E-state index in [1.807, 2.05) is 6.07 Å². The van der Waals surface area contributed by atoms with E-state index in [0.717, 1.165) is 15.1 Å². The van der Waals surface area contributed by atoms with Crippen LogP contribution in [-0.4, -0.2) is 4.83 Å². The predicted molar refractivity (Wildman–Crippen MR) is 67.7 cm³/mol. The smallest absolute Gasteiger partial charge is 0.0931 e. The molecule has 1 aliphatic carbocycles. The number of alkyl halides is 1. The van der Waals surface area contributed by atoms with Crippen molar-refractivity contribution in [3.05, 3.63) is 21.3 Å². The van der Waals surface area contributed by atoms with Gasteiger partial charge in [-0.3, -0.25) is 0 Å². The highest BCUT2D eigenvalue weighted by Crippen LogP contribution is 2.34. The Kier molecular flexibility index (Phi) is 3.92. The first-order valence-electron chi connectivity index (χ1n) is 5.14. The van der Waals surface area contributed by atoms with Crippen molar-refractivity contribution in [3.63, 3.8) is 0 Å². The van der Waals surface area contributed by atoms with Crippen LogP contribution in [0.4, 0.5) is 0 Å². The van der Waals surface area contributed by atoms with Crippen LogP contribution in [0.2, 0.25) is 4.34 Å². The van der Waals surface area contributed by atoms with Crippen LogP contribution in [-0.2, 0) is 6.42 Å². The maximum atomic E-state index is 5.92. The van der Waals surface area contributed by atoms with Crippen molar-refractivity contribution in [1.29, 1.82) is 0 Å². The maximum Gasteiger partial charge on any atom is 0.0931 e. The summed E-state index contributed by atoms with van der Waals surface area (Å²) >= 11 is 11.4. The molecule has 14 heavy (non-hydrogen) atoms. The van der Waals surface area contributed by atoms with Gasteiger partial charge in [-0.1, -0.05) is 40.4 Å². The molecule has 0 nitrogen and oxygen atoms in total. The minimum atomic E-state index is 0.720. The Labute approximate surface area is 103 Å². The summed E-state index contributed by atoms with van der Waals surface area (Å²) in [6.45, 7) is 0. The average Bonchev–Trinajstić information content (AvgIpc) is 2.56. The van der Waals surface area contributed by atoms with Crippen molar-refractivity contribution < 1.29 is 0 Å². The summed E-state index contributed by atoms with van der Waals surface area (Å²) in [4.78, 5) is 2.16. The molecule has 78 valence electrons. The molecule has 1 heterocycles. The second-order valence-electron chi connectivity index (χ2n) is 3.97. The van der Waals surface area contributed by atoms with E-state index in [4.69, 9.17) is 11.6 Å². The molecule has 1 aliphatic rings. The lowest BCUT2D eigenvalue weighted by atomic mass is 9.86. The molecule has 0 spiro atoms. The zero-order valence-electron chi connectivity index (χ0n) is 8.01. The van der Waals surface area contributed by atoms with Gasteiger partial charge in [0.1, 0.15) is 0 Å². The lowest BCUT2D eigenvalue weighted by molar-refractivity contribution is 0.375. The number of rotatable bonds is 2. The molecule has 1 aromatic heterocycles. The first-order chi connectivity index (χ1) is 6.75. The molecule has 0 aromatic carbocycles. The van der Waals surface area contributed by atoms with Crippen LogP contribution in [0.3, 0.4) is 0 Å². The lowest BCUT2D eigenvalue weighted by Crippen LogP contribution is -2.20. The van der Waals surface area contributed by atoms with E-state index in [2.05, 4.69) is 22.0 Å². The van der Waals surface area contributed by atoms with Gasteiger partial charge in [-0.15, -0.1) is 11.3 Å². The average molecular weight is 294 g/mol. The molecular formula is C11H14BrClS. The second kappa shape index (κ2) is 5.00. The van der Waals surface area contributed by atoms with E-state index < -0.39 is 0 Å². The van der Waals surface area contributed by atoms with E-state index >= 15 is 0 Å². The number of hydrogen-bond acceptors (Lipinski definition) is 1. The van der Waals surface area contributed by atoms with E-state index in [9.17, 15) is 0 Å². The monoisotopic (exact) mass is 292 g/mol. The Morgan fingerprint density at radius 2 is 2.14 bits per heavy atom. The molecule has 0 aliphatic heterocycles. The number of thiophene rings is 1. The molecule has 0 bridgehead atoms. The van der Waals surface area contributed by atoms with Crippen molar-refractivity contribution in [2.75, 3.05) is 0 Å². The first-order valence-corrected chi connectivity index (χ1v) is 7.25. The summed E-state index contributed by atoms with van der Waals surface area (Å²) in [6.07, 6.45) is 6.69. The standard InChI is InChI=1S/C11H14BrClS/c12-10-4-2-1-3-8(10)7-9-5-6-11(13)14-9/h5-6,8,10H,1-4,7H2. The fourth-order valence-corrected chi connectivity index (χ4v) is 4.07. The van der Waals surface area contributed by atoms with Crippen molar-refractivity contribution in [2.24, 2.45) is 5.92 Å². The minimum absolute atomic E-state index is 0.720. The highest BCUT2D eigenvalue weighted by Gasteiger charge is 2.23. The molecule has 1 fully saturated rings. The molecule has 1 saturated carbocycles.